The summed E-state index contributed by atoms with van der Waals surface area (Å²) in [7, 11) is 0. The number of aliphatic imine (C=N–C) groups is 1. The van der Waals surface area contributed by atoms with Gasteiger partial charge in [-0.15, -0.1) is 0 Å². The zero-order chi connectivity index (χ0) is 24.5. The van der Waals surface area contributed by atoms with E-state index in [1.165, 1.54) is 22.3 Å². The third kappa shape index (κ3) is 7.26. The predicted molar refractivity (Wildman–Crippen MR) is 138 cm³/mol. The molecule has 0 saturated carbocycles. The van der Waals surface area contributed by atoms with E-state index in [-0.39, 0.29) is 0 Å². The van der Waals surface area contributed by atoms with E-state index in [1.54, 1.807) is 6.92 Å². The van der Waals surface area contributed by atoms with E-state index in [1.807, 2.05) is 60.7 Å². The molecule has 0 radical (unpaired) electrons. The Hall–Kier alpha value is -3.45. The van der Waals surface area contributed by atoms with Gasteiger partial charge in [-0.1, -0.05) is 54.6 Å². The van der Waals surface area contributed by atoms with Gasteiger partial charge in [0.15, 0.2) is 5.75 Å². The SMILES string of the molecule is CC(=Nc1cc(C)c(C2=CCCN(COOCc3ccccc3)C2)c(C)c1)OOc1ccccc1. The van der Waals surface area contributed by atoms with E-state index in [2.05, 4.69) is 41.9 Å². The number of hydrogen-bond donors (Lipinski definition) is 0. The molecule has 3 aromatic rings. The van der Waals surface area contributed by atoms with Gasteiger partial charge in [0, 0.05) is 20.0 Å². The van der Waals surface area contributed by atoms with Crippen molar-refractivity contribution >= 4 is 17.2 Å². The Morgan fingerprint density at radius 2 is 1.60 bits per heavy atom. The molecule has 0 bridgehead atoms. The minimum absolute atomic E-state index is 0.433. The van der Waals surface area contributed by atoms with Gasteiger partial charge < -0.3 is 0 Å². The highest BCUT2D eigenvalue weighted by atomic mass is 17.2. The Morgan fingerprint density at radius 3 is 2.31 bits per heavy atom. The van der Waals surface area contributed by atoms with E-state index in [4.69, 9.17) is 19.6 Å². The van der Waals surface area contributed by atoms with E-state index in [0.717, 1.165) is 30.8 Å². The van der Waals surface area contributed by atoms with Crippen LogP contribution in [0.4, 0.5) is 5.69 Å². The van der Waals surface area contributed by atoms with Crippen molar-refractivity contribution in [2.45, 2.75) is 33.8 Å². The van der Waals surface area contributed by atoms with Gasteiger partial charge in [0.1, 0.15) is 13.3 Å². The Bertz CT molecular complexity index is 1140. The molecular formula is C29H32N2O4. The average Bonchev–Trinajstić information content (AvgIpc) is 2.87. The van der Waals surface area contributed by atoms with Crippen LogP contribution < -0.4 is 4.89 Å². The maximum absolute atomic E-state index is 5.49. The molecule has 1 aliphatic rings. The molecule has 1 aliphatic heterocycles. The maximum atomic E-state index is 5.49. The van der Waals surface area contributed by atoms with Gasteiger partial charge in [-0.25, -0.2) is 14.8 Å². The first kappa shape index (κ1) is 24.7. The molecule has 0 amide bonds. The summed E-state index contributed by atoms with van der Waals surface area (Å²) >= 11 is 0. The van der Waals surface area contributed by atoms with Crippen LogP contribution in [-0.4, -0.2) is 30.6 Å². The minimum Gasteiger partial charge on any atom is -0.289 e. The molecule has 0 N–H and O–H groups in total. The predicted octanol–water partition coefficient (Wildman–Crippen LogP) is 6.56. The standard InChI is InChI=1S/C29H32N2O4/c1-22-17-27(30-24(3)34-35-28-14-8-5-9-15-28)18-23(2)29(22)26-13-10-16-31(19-26)21-33-32-20-25-11-6-4-7-12-25/h4-9,11-15,17-18H,10,16,19-21H2,1-3H3. The van der Waals surface area contributed by atoms with Crippen LogP contribution in [0.3, 0.4) is 0 Å². The van der Waals surface area contributed by atoms with Gasteiger partial charge in [-0.2, -0.15) is 0 Å². The fourth-order valence-corrected chi connectivity index (χ4v) is 4.19. The Morgan fingerprint density at radius 1 is 0.914 bits per heavy atom. The molecular weight excluding hydrogens is 440 g/mol. The molecule has 0 saturated heterocycles. The van der Waals surface area contributed by atoms with Crippen LogP contribution in [0.5, 0.6) is 5.75 Å². The van der Waals surface area contributed by atoms with Crippen LogP contribution in [0.1, 0.15) is 35.6 Å². The van der Waals surface area contributed by atoms with Crippen molar-refractivity contribution in [2.75, 3.05) is 19.8 Å². The summed E-state index contributed by atoms with van der Waals surface area (Å²) in [6.07, 6.45) is 3.29. The first-order valence-corrected chi connectivity index (χ1v) is 11.8. The summed E-state index contributed by atoms with van der Waals surface area (Å²) in [5, 5.41) is 0. The van der Waals surface area contributed by atoms with Crippen molar-refractivity contribution in [1.82, 2.24) is 4.90 Å². The van der Waals surface area contributed by atoms with Crippen molar-refractivity contribution in [3.05, 3.63) is 101 Å². The molecule has 0 fully saturated rings. The molecule has 0 aliphatic carbocycles. The molecule has 0 atom stereocenters. The van der Waals surface area contributed by atoms with E-state index in [9.17, 15) is 0 Å². The van der Waals surface area contributed by atoms with Crippen molar-refractivity contribution in [3.8, 4) is 5.75 Å². The lowest BCUT2D eigenvalue weighted by molar-refractivity contribution is -0.323. The highest BCUT2D eigenvalue weighted by Crippen LogP contribution is 2.30. The summed E-state index contributed by atoms with van der Waals surface area (Å²) in [6, 6.07) is 23.6. The second kappa shape index (κ2) is 12.3. The van der Waals surface area contributed by atoms with E-state index in [0.29, 0.717) is 25.0 Å². The van der Waals surface area contributed by atoms with Gasteiger partial charge in [0.25, 0.3) is 0 Å². The van der Waals surface area contributed by atoms with Crippen LogP contribution in [0.2, 0.25) is 0 Å². The lowest BCUT2D eigenvalue weighted by Crippen LogP contribution is -2.32. The Labute approximate surface area is 207 Å². The number of benzene rings is 3. The monoisotopic (exact) mass is 472 g/mol. The number of hydrogen-bond acceptors (Lipinski definition) is 6. The van der Waals surface area contributed by atoms with Gasteiger partial charge >= 0.3 is 0 Å². The number of para-hydroxylation sites is 1. The van der Waals surface area contributed by atoms with Crippen LogP contribution in [0, 0.1) is 13.8 Å². The van der Waals surface area contributed by atoms with Crippen LogP contribution in [0.15, 0.2) is 83.9 Å². The lowest BCUT2D eigenvalue weighted by atomic mass is 9.92. The Kier molecular flexibility index (Phi) is 8.68. The summed E-state index contributed by atoms with van der Waals surface area (Å²) in [6.45, 7) is 8.65. The second-order valence-corrected chi connectivity index (χ2v) is 8.63. The summed E-state index contributed by atoms with van der Waals surface area (Å²) in [4.78, 5) is 28.4. The van der Waals surface area contributed by atoms with Crippen molar-refractivity contribution < 1.29 is 19.6 Å². The topological polar surface area (TPSA) is 52.5 Å². The highest BCUT2D eigenvalue weighted by Gasteiger charge is 2.18. The lowest BCUT2D eigenvalue weighted by Gasteiger charge is -2.28. The first-order valence-electron chi connectivity index (χ1n) is 11.8. The van der Waals surface area contributed by atoms with E-state index >= 15 is 0 Å². The van der Waals surface area contributed by atoms with Gasteiger partial charge in [0.2, 0.25) is 5.90 Å². The number of rotatable bonds is 9. The molecule has 35 heavy (non-hydrogen) atoms. The molecule has 0 spiro atoms. The zero-order valence-corrected chi connectivity index (χ0v) is 20.6. The van der Waals surface area contributed by atoms with Crippen LogP contribution in [0.25, 0.3) is 5.57 Å². The molecule has 3 aromatic carbocycles. The number of aryl methyl sites for hydroxylation is 2. The zero-order valence-electron chi connectivity index (χ0n) is 20.6. The summed E-state index contributed by atoms with van der Waals surface area (Å²) < 4.78 is 0. The third-order valence-electron chi connectivity index (χ3n) is 5.74. The molecule has 6 heteroatoms. The highest BCUT2D eigenvalue weighted by molar-refractivity contribution is 5.78. The molecule has 0 aromatic heterocycles. The Balaban J connectivity index is 1.33. The van der Waals surface area contributed by atoms with Gasteiger partial charge in [-0.05, 0) is 72.4 Å². The van der Waals surface area contributed by atoms with E-state index < -0.39 is 0 Å². The quantitative estimate of drug-likeness (QED) is 0.116. The third-order valence-corrected chi connectivity index (χ3v) is 5.74. The first-order chi connectivity index (χ1) is 17.1. The van der Waals surface area contributed by atoms with Crippen molar-refractivity contribution in [1.29, 1.82) is 0 Å². The molecule has 1 heterocycles. The van der Waals surface area contributed by atoms with Crippen molar-refractivity contribution in [3.63, 3.8) is 0 Å². The number of nitrogens with zero attached hydrogens (tertiary/aromatic N) is 2. The largest absolute Gasteiger partial charge is 0.289 e. The summed E-state index contributed by atoms with van der Waals surface area (Å²) in [5.74, 6) is 1.07. The maximum Gasteiger partial charge on any atom is 0.243 e. The molecule has 6 nitrogen and oxygen atoms in total. The smallest absolute Gasteiger partial charge is 0.243 e. The molecule has 4 rings (SSSR count). The molecule has 0 unspecified atom stereocenters. The van der Waals surface area contributed by atoms with Crippen molar-refractivity contribution in [2.24, 2.45) is 4.99 Å². The fraction of sp³-hybridized carbons (Fsp3) is 0.276. The van der Waals surface area contributed by atoms with Crippen LogP contribution >= 0.6 is 0 Å². The second-order valence-electron chi connectivity index (χ2n) is 8.63. The normalized spacial score (nSPS) is 14.5. The fourth-order valence-electron chi connectivity index (χ4n) is 4.19. The van der Waals surface area contributed by atoms with Crippen LogP contribution in [-0.2, 0) is 21.3 Å². The summed E-state index contributed by atoms with van der Waals surface area (Å²) in [5.41, 5.74) is 6.84. The minimum atomic E-state index is 0.433. The average molecular weight is 473 g/mol. The molecule has 182 valence electrons. The van der Waals surface area contributed by atoms with Gasteiger partial charge in [0.05, 0.1) is 5.69 Å². The van der Waals surface area contributed by atoms with Gasteiger partial charge in [-0.3, -0.25) is 14.7 Å².